The van der Waals surface area contributed by atoms with Crippen LogP contribution in [0.5, 0.6) is 17.2 Å². The zero-order chi connectivity index (χ0) is 20.5. The largest absolute Gasteiger partial charge is 0.497 e. The topological polar surface area (TPSA) is 74.6 Å². The molecule has 1 aliphatic heterocycles. The molecule has 2 heterocycles. The van der Waals surface area contributed by atoms with Gasteiger partial charge in [0.1, 0.15) is 11.6 Å². The van der Waals surface area contributed by atoms with E-state index in [1.807, 2.05) is 42.5 Å². The minimum atomic E-state index is -0.286. The van der Waals surface area contributed by atoms with Crippen LogP contribution < -0.4 is 25.2 Å². The number of hydrogen-bond acceptors (Lipinski definition) is 6. The third-order valence-corrected chi connectivity index (χ3v) is 5.19. The van der Waals surface area contributed by atoms with Crippen molar-refractivity contribution in [3.8, 4) is 28.5 Å². The Morgan fingerprint density at radius 1 is 1.00 bits per heavy atom. The Morgan fingerprint density at radius 2 is 1.69 bits per heavy atom. The van der Waals surface area contributed by atoms with E-state index in [-0.39, 0.29) is 11.6 Å². The highest BCUT2D eigenvalue weighted by Gasteiger charge is 2.26. The Balaban J connectivity index is 1.80. The van der Waals surface area contributed by atoms with Crippen molar-refractivity contribution in [2.75, 3.05) is 26.6 Å². The Labute approximate surface area is 168 Å². The molecule has 0 bridgehead atoms. The Bertz CT molecular complexity index is 1110. The zero-order valence-corrected chi connectivity index (χ0v) is 16.9. The first-order valence-electron chi connectivity index (χ1n) is 9.33. The van der Waals surface area contributed by atoms with Crippen molar-refractivity contribution in [1.29, 1.82) is 0 Å². The van der Waals surface area contributed by atoms with E-state index in [0.29, 0.717) is 23.9 Å². The molecule has 150 valence electrons. The number of nitrogens with one attached hydrogen (secondary N) is 1. The molecule has 0 fully saturated rings. The molecule has 2 aromatic carbocycles. The van der Waals surface area contributed by atoms with Crippen LogP contribution in [-0.2, 0) is 6.54 Å². The van der Waals surface area contributed by atoms with Crippen molar-refractivity contribution >= 4 is 11.5 Å². The van der Waals surface area contributed by atoms with E-state index in [9.17, 15) is 4.79 Å². The van der Waals surface area contributed by atoms with Crippen LogP contribution in [0, 0.1) is 0 Å². The molecule has 7 nitrogen and oxygen atoms in total. The van der Waals surface area contributed by atoms with Crippen LogP contribution in [-0.4, -0.2) is 30.9 Å². The summed E-state index contributed by atoms with van der Waals surface area (Å²) in [4.78, 5) is 17.0. The summed E-state index contributed by atoms with van der Waals surface area (Å²) in [5.41, 5.74) is 3.39. The first-order valence-corrected chi connectivity index (χ1v) is 9.33. The number of aromatic nitrogens is 2. The molecule has 0 spiro atoms. The fourth-order valence-corrected chi connectivity index (χ4v) is 3.69. The summed E-state index contributed by atoms with van der Waals surface area (Å²) in [7, 11) is 4.85. The van der Waals surface area contributed by atoms with E-state index in [4.69, 9.17) is 14.2 Å². The predicted octanol–water partition coefficient (Wildman–Crippen LogP) is 3.80. The van der Waals surface area contributed by atoms with Gasteiger partial charge >= 0.3 is 5.69 Å². The number of hydrogen-bond donors (Lipinski definition) is 1. The van der Waals surface area contributed by atoms with Gasteiger partial charge in [0.15, 0.2) is 11.5 Å². The number of methoxy groups -OCH3 is 3. The van der Waals surface area contributed by atoms with Crippen LogP contribution in [0.2, 0.25) is 0 Å². The van der Waals surface area contributed by atoms with E-state index in [1.165, 1.54) is 0 Å². The van der Waals surface area contributed by atoms with Crippen molar-refractivity contribution in [2.45, 2.75) is 19.4 Å². The van der Waals surface area contributed by atoms with Gasteiger partial charge in [-0.25, -0.2) is 4.79 Å². The lowest BCUT2D eigenvalue weighted by molar-refractivity contribution is 0.354. The van der Waals surface area contributed by atoms with Gasteiger partial charge in [-0.2, -0.15) is 4.98 Å². The third kappa shape index (κ3) is 3.40. The van der Waals surface area contributed by atoms with Crippen molar-refractivity contribution in [3.05, 3.63) is 58.5 Å². The van der Waals surface area contributed by atoms with Gasteiger partial charge in [0, 0.05) is 29.8 Å². The summed E-state index contributed by atoms with van der Waals surface area (Å²) < 4.78 is 17.8. The zero-order valence-electron chi connectivity index (χ0n) is 16.9. The highest BCUT2D eigenvalue weighted by Crippen LogP contribution is 2.42. The molecular weight excluding hydrogens is 370 g/mol. The summed E-state index contributed by atoms with van der Waals surface area (Å²) in [6.45, 7) is 2.65. The van der Waals surface area contributed by atoms with E-state index in [1.54, 1.807) is 25.9 Å². The van der Waals surface area contributed by atoms with E-state index in [2.05, 4.69) is 17.2 Å². The Kier molecular flexibility index (Phi) is 4.88. The second-order valence-electron chi connectivity index (χ2n) is 6.97. The summed E-state index contributed by atoms with van der Waals surface area (Å²) in [6.07, 6.45) is 0. The van der Waals surface area contributed by atoms with E-state index in [0.717, 1.165) is 28.3 Å². The molecule has 0 saturated heterocycles. The number of anilines is 2. The minimum Gasteiger partial charge on any atom is -0.497 e. The standard InChI is InChI=1S/C22H23N3O4/c1-13-12-25-18(17-10-20(29-4)19(28-3)9-16(13)17)11-21(24-22(25)26)23-14-5-7-15(27-2)8-6-14/h5-11,13H,12H2,1-4H3,(H,23,24,26). The van der Waals surface area contributed by atoms with Crippen LogP contribution in [0.15, 0.2) is 47.3 Å². The molecule has 4 rings (SSSR count). The normalized spacial score (nSPS) is 14.6. The summed E-state index contributed by atoms with van der Waals surface area (Å²) in [6, 6.07) is 13.3. The smallest absolute Gasteiger partial charge is 0.350 e. The molecule has 0 aliphatic carbocycles. The highest BCUT2D eigenvalue weighted by molar-refractivity contribution is 5.73. The first kappa shape index (κ1) is 18.9. The quantitative estimate of drug-likeness (QED) is 0.711. The maximum absolute atomic E-state index is 12.7. The molecule has 0 amide bonds. The molecule has 1 atom stereocenters. The second-order valence-corrected chi connectivity index (χ2v) is 6.97. The van der Waals surface area contributed by atoms with Crippen LogP contribution in [0.4, 0.5) is 11.5 Å². The van der Waals surface area contributed by atoms with Gasteiger partial charge in [0.05, 0.1) is 27.0 Å². The summed E-state index contributed by atoms with van der Waals surface area (Å²) in [5.74, 6) is 2.71. The van der Waals surface area contributed by atoms with Gasteiger partial charge in [-0.05, 0) is 42.0 Å². The van der Waals surface area contributed by atoms with E-state index >= 15 is 0 Å². The molecule has 1 unspecified atom stereocenters. The molecule has 1 aliphatic rings. The van der Waals surface area contributed by atoms with Crippen molar-refractivity contribution in [1.82, 2.24) is 9.55 Å². The number of nitrogens with zero attached hydrogens (tertiary/aromatic N) is 2. The summed E-state index contributed by atoms with van der Waals surface area (Å²) >= 11 is 0. The average molecular weight is 393 g/mol. The monoisotopic (exact) mass is 393 g/mol. The van der Waals surface area contributed by atoms with Crippen LogP contribution in [0.25, 0.3) is 11.3 Å². The molecule has 7 heteroatoms. The summed E-state index contributed by atoms with van der Waals surface area (Å²) in [5, 5.41) is 3.20. The maximum atomic E-state index is 12.7. The third-order valence-electron chi connectivity index (χ3n) is 5.19. The molecule has 0 radical (unpaired) electrons. The SMILES string of the molecule is COc1ccc(Nc2cc3n(c(=O)n2)CC(C)c2cc(OC)c(OC)cc2-3)cc1. The minimum absolute atomic E-state index is 0.150. The Hall–Kier alpha value is -3.48. The Morgan fingerprint density at radius 3 is 2.34 bits per heavy atom. The lowest BCUT2D eigenvalue weighted by Gasteiger charge is -2.28. The number of benzene rings is 2. The van der Waals surface area contributed by atoms with Gasteiger partial charge in [-0.3, -0.25) is 4.57 Å². The van der Waals surface area contributed by atoms with Crippen molar-refractivity contribution in [2.24, 2.45) is 0 Å². The molecule has 29 heavy (non-hydrogen) atoms. The van der Waals surface area contributed by atoms with Gasteiger partial charge in [-0.15, -0.1) is 0 Å². The fourth-order valence-electron chi connectivity index (χ4n) is 3.69. The highest BCUT2D eigenvalue weighted by atomic mass is 16.5. The van der Waals surface area contributed by atoms with Crippen LogP contribution in [0.3, 0.4) is 0 Å². The number of rotatable bonds is 5. The molecule has 1 aromatic heterocycles. The predicted molar refractivity (Wildman–Crippen MR) is 112 cm³/mol. The molecule has 1 N–H and O–H groups in total. The van der Waals surface area contributed by atoms with Gasteiger partial charge in [0.2, 0.25) is 0 Å². The maximum Gasteiger partial charge on any atom is 0.350 e. The lowest BCUT2D eigenvalue weighted by Crippen LogP contribution is -2.30. The second kappa shape index (κ2) is 7.50. The van der Waals surface area contributed by atoms with Crippen LogP contribution >= 0.6 is 0 Å². The first-order chi connectivity index (χ1) is 14.0. The molecular formula is C22H23N3O4. The van der Waals surface area contributed by atoms with Gasteiger partial charge in [-0.1, -0.05) is 6.92 Å². The number of ether oxygens (including phenoxy) is 3. The molecule has 0 saturated carbocycles. The number of fused-ring (bicyclic) bond motifs is 3. The van der Waals surface area contributed by atoms with Crippen LogP contribution in [0.1, 0.15) is 18.4 Å². The molecule has 3 aromatic rings. The van der Waals surface area contributed by atoms with Gasteiger partial charge in [0.25, 0.3) is 0 Å². The average Bonchev–Trinajstić information content (AvgIpc) is 2.74. The van der Waals surface area contributed by atoms with Crippen molar-refractivity contribution in [3.63, 3.8) is 0 Å². The van der Waals surface area contributed by atoms with Crippen molar-refractivity contribution < 1.29 is 14.2 Å². The lowest BCUT2D eigenvalue weighted by atomic mass is 9.89. The van der Waals surface area contributed by atoms with E-state index < -0.39 is 0 Å². The fraction of sp³-hybridized carbons (Fsp3) is 0.273. The van der Waals surface area contributed by atoms with Gasteiger partial charge < -0.3 is 19.5 Å².